The van der Waals surface area contributed by atoms with Gasteiger partial charge in [0.05, 0.1) is 12.1 Å². The number of para-hydroxylation sites is 1. The Morgan fingerprint density at radius 1 is 1.22 bits per heavy atom. The van der Waals surface area contributed by atoms with Crippen molar-refractivity contribution < 1.29 is 9.32 Å². The fourth-order valence-corrected chi connectivity index (χ4v) is 2.80. The number of fused-ring (bicyclic) bond motifs is 1. The molecule has 0 saturated heterocycles. The number of hydrogen-bond acceptors (Lipinski definition) is 6. The van der Waals surface area contributed by atoms with E-state index in [1.165, 1.54) is 4.90 Å². The Morgan fingerprint density at radius 2 is 2.04 bits per heavy atom. The van der Waals surface area contributed by atoms with Gasteiger partial charge < -0.3 is 9.42 Å². The van der Waals surface area contributed by atoms with Crippen molar-refractivity contribution in [1.29, 1.82) is 0 Å². The second-order valence-electron chi connectivity index (χ2n) is 6.14. The summed E-state index contributed by atoms with van der Waals surface area (Å²) in [5, 5.41) is 3.88. The fraction of sp³-hybridized carbons (Fsp3) is 0.211. The summed E-state index contributed by atoms with van der Waals surface area (Å²) in [7, 11) is 1.69. The van der Waals surface area contributed by atoms with Crippen molar-refractivity contribution in [3.63, 3.8) is 0 Å². The molecule has 8 heteroatoms. The summed E-state index contributed by atoms with van der Waals surface area (Å²) in [5.41, 5.74) is 2.78. The summed E-state index contributed by atoms with van der Waals surface area (Å²) < 4.78 is 6.97. The number of benzene rings is 1. The van der Waals surface area contributed by atoms with E-state index in [-0.39, 0.29) is 12.5 Å². The minimum absolute atomic E-state index is 0.179. The van der Waals surface area contributed by atoms with E-state index in [1.54, 1.807) is 25.6 Å². The van der Waals surface area contributed by atoms with Crippen LogP contribution in [0.2, 0.25) is 0 Å². The molecule has 4 rings (SSSR count). The van der Waals surface area contributed by atoms with Crippen LogP contribution in [0.15, 0.2) is 53.4 Å². The summed E-state index contributed by atoms with van der Waals surface area (Å²) >= 11 is 0. The molecule has 0 N–H and O–H groups in total. The Bertz CT molecular complexity index is 1090. The van der Waals surface area contributed by atoms with Crippen LogP contribution in [0.3, 0.4) is 0 Å². The van der Waals surface area contributed by atoms with Gasteiger partial charge in [0, 0.05) is 25.4 Å². The van der Waals surface area contributed by atoms with Gasteiger partial charge in [-0.2, -0.15) is 4.98 Å². The average Bonchev–Trinajstić information content (AvgIpc) is 3.34. The number of imidazole rings is 1. The largest absolute Gasteiger partial charge is 0.339 e. The van der Waals surface area contributed by atoms with Crippen molar-refractivity contribution in [2.45, 2.75) is 19.9 Å². The predicted molar refractivity (Wildman–Crippen MR) is 98.3 cm³/mol. The lowest BCUT2D eigenvalue weighted by Gasteiger charge is -2.14. The first-order valence-electron chi connectivity index (χ1n) is 8.61. The molecular formula is C19H18N6O2. The average molecular weight is 362 g/mol. The third kappa shape index (κ3) is 3.29. The Hall–Kier alpha value is -3.55. The van der Waals surface area contributed by atoms with Crippen LogP contribution in [-0.2, 0) is 13.0 Å². The van der Waals surface area contributed by atoms with Crippen molar-refractivity contribution >= 4 is 17.1 Å². The first-order valence-corrected chi connectivity index (χ1v) is 8.61. The number of aryl methyl sites for hydroxylation is 1. The van der Waals surface area contributed by atoms with E-state index in [0.29, 0.717) is 34.9 Å². The van der Waals surface area contributed by atoms with Gasteiger partial charge in [-0.15, -0.1) is 0 Å². The highest BCUT2D eigenvalue weighted by Crippen LogP contribution is 2.18. The second-order valence-corrected chi connectivity index (χ2v) is 6.14. The van der Waals surface area contributed by atoms with Crippen LogP contribution in [0.4, 0.5) is 0 Å². The highest BCUT2D eigenvalue weighted by Gasteiger charge is 2.17. The van der Waals surface area contributed by atoms with Gasteiger partial charge in [-0.25, -0.2) is 9.97 Å². The SMILES string of the molecule is CCc1nc(CN(C)C(=O)c2cnc3c(c2)ncn3-c2ccccc2)no1. The summed E-state index contributed by atoms with van der Waals surface area (Å²) in [6.07, 6.45) is 3.93. The lowest BCUT2D eigenvalue weighted by Crippen LogP contribution is -2.26. The van der Waals surface area contributed by atoms with E-state index >= 15 is 0 Å². The molecule has 0 aliphatic rings. The molecule has 4 aromatic rings. The number of carbonyl (C=O) groups excluding carboxylic acids is 1. The number of pyridine rings is 1. The van der Waals surface area contributed by atoms with E-state index in [1.807, 2.05) is 41.8 Å². The molecule has 0 aliphatic carbocycles. The minimum atomic E-state index is -0.179. The van der Waals surface area contributed by atoms with Gasteiger partial charge in [-0.1, -0.05) is 30.3 Å². The molecule has 0 saturated carbocycles. The van der Waals surface area contributed by atoms with Crippen molar-refractivity contribution in [3.8, 4) is 5.69 Å². The van der Waals surface area contributed by atoms with Gasteiger partial charge >= 0.3 is 0 Å². The molecule has 0 spiro atoms. The highest BCUT2D eigenvalue weighted by atomic mass is 16.5. The maximum Gasteiger partial charge on any atom is 0.255 e. The molecule has 27 heavy (non-hydrogen) atoms. The Balaban J connectivity index is 1.57. The number of hydrogen-bond donors (Lipinski definition) is 0. The van der Waals surface area contributed by atoms with E-state index in [4.69, 9.17) is 4.52 Å². The van der Waals surface area contributed by atoms with Gasteiger partial charge in [0.25, 0.3) is 5.91 Å². The molecule has 1 aromatic carbocycles. The van der Waals surface area contributed by atoms with Crippen molar-refractivity contribution in [3.05, 3.63) is 66.2 Å². The Labute approximate surface area is 155 Å². The van der Waals surface area contributed by atoms with E-state index < -0.39 is 0 Å². The molecule has 3 aromatic heterocycles. The molecule has 3 heterocycles. The third-order valence-electron chi connectivity index (χ3n) is 4.21. The van der Waals surface area contributed by atoms with E-state index in [9.17, 15) is 4.79 Å². The molecular weight excluding hydrogens is 344 g/mol. The Kier molecular flexibility index (Phi) is 4.37. The Morgan fingerprint density at radius 3 is 2.78 bits per heavy atom. The summed E-state index contributed by atoms with van der Waals surface area (Å²) in [5.74, 6) is 0.854. The second kappa shape index (κ2) is 6.99. The molecule has 8 nitrogen and oxygen atoms in total. The first kappa shape index (κ1) is 16.9. The topological polar surface area (TPSA) is 89.9 Å². The summed E-state index contributed by atoms with van der Waals surface area (Å²) in [6.45, 7) is 2.19. The number of nitrogens with zero attached hydrogens (tertiary/aromatic N) is 6. The zero-order valence-corrected chi connectivity index (χ0v) is 15.0. The van der Waals surface area contributed by atoms with Crippen LogP contribution < -0.4 is 0 Å². The smallest absolute Gasteiger partial charge is 0.255 e. The lowest BCUT2D eigenvalue weighted by molar-refractivity contribution is 0.0780. The van der Waals surface area contributed by atoms with E-state index in [2.05, 4.69) is 20.1 Å². The molecule has 0 atom stereocenters. The number of rotatable bonds is 5. The molecule has 1 amide bonds. The van der Waals surface area contributed by atoms with Crippen LogP contribution in [0.1, 0.15) is 29.0 Å². The molecule has 0 aliphatic heterocycles. The van der Waals surface area contributed by atoms with Crippen LogP contribution >= 0.6 is 0 Å². The number of amides is 1. The van der Waals surface area contributed by atoms with Gasteiger partial charge in [-0.05, 0) is 18.2 Å². The number of carbonyl (C=O) groups is 1. The zero-order valence-electron chi connectivity index (χ0n) is 15.0. The van der Waals surface area contributed by atoms with Crippen LogP contribution in [0, 0.1) is 0 Å². The first-order chi connectivity index (χ1) is 13.2. The van der Waals surface area contributed by atoms with Gasteiger partial charge in [0.15, 0.2) is 11.5 Å². The van der Waals surface area contributed by atoms with E-state index in [0.717, 1.165) is 5.69 Å². The molecule has 0 fully saturated rings. The quantitative estimate of drug-likeness (QED) is 0.542. The predicted octanol–water partition coefficient (Wildman–Crippen LogP) is 2.64. The van der Waals surface area contributed by atoms with Crippen molar-refractivity contribution in [2.75, 3.05) is 7.05 Å². The van der Waals surface area contributed by atoms with Gasteiger partial charge in [0.1, 0.15) is 11.8 Å². The van der Waals surface area contributed by atoms with Crippen molar-refractivity contribution in [1.82, 2.24) is 29.6 Å². The fourth-order valence-electron chi connectivity index (χ4n) is 2.80. The minimum Gasteiger partial charge on any atom is -0.339 e. The van der Waals surface area contributed by atoms with Crippen LogP contribution in [0.5, 0.6) is 0 Å². The number of aromatic nitrogens is 5. The standard InChI is InChI=1S/C19H18N6O2/c1-3-17-22-16(23-27-17)11-24(2)19(26)13-9-15-18(20-10-13)25(12-21-15)14-7-5-4-6-8-14/h4-10,12H,3,11H2,1-2H3. The van der Waals surface area contributed by atoms with Crippen molar-refractivity contribution in [2.24, 2.45) is 0 Å². The molecule has 0 bridgehead atoms. The molecule has 0 unspecified atom stereocenters. The molecule has 136 valence electrons. The highest BCUT2D eigenvalue weighted by molar-refractivity contribution is 5.96. The van der Waals surface area contributed by atoms with Crippen LogP contribution in [0.25, 0.3) is 16.9 Å². The van der Waals surface area contributed by atoms with Crippen LogP contribution in [-0.4, -0.2) is 42.5 Å². The normalized spacial score (nSPS) is 11.0. The summed E-state index contributed by atoms with van der Waals surface area (Å²) in [4.78, 5) is 27.3. The third-order valence-corrected chi connectivity index (χ3v) is 4.21. The van der Waals surface area contributed by atoms with Gasteiger partial charge in [-0.3, -0.25) is 9.36 Å². The lowest BCUT2D eigenvalue weighted by atomic mass is 10.2. The molecule has 0 radical (unpaired) electrons. The maximum absolute atomic E-state index is 12.7. The maximum atomic E-state index is 12.7. The van der Waals surface area contributed by atoms with Gasteiger partial charge in [0.2, 0.25) is 5.89 Å². The summed E-state index contributed by atoms with van der Waals surface area (Å²) in [6, 6.07) is 11.6. The monoisotopic (exact) mass is 362 g/mol. The zero-order chi connectivity index (χ0) is 18.8.